The monoisotopic (exact) mass is 303 g/mol. The Balaban J connectivity index is 2.11. The van der Waals surface area contributed by atoms with Crippen LogP contribution in [0.2, 0.25) is 0 Å². The molecule has 2 rings (SSSR count). The first-order valence-electron chi connectivity index (χ1n) is 6.61. The number of carbonyl (C=O) groups excluding carboxylic acids is 1. The number of benzene rings is 1. The van der Waals surface area contributed by atoms with Crippen LogP contribution < -0.4 is 5.32 Å². The first kappa shape index (κ1) is 15.3. The van der Waals surface area contributed by atoms with Crippen LogP contribution in [0.1, 0.15) is 26.4 Å². The minimum absolute atomic E-state index is 0.268. The molecule has 0 aliphatic carbocycles. The lowest BCUT2D eigenvalue weighted by molar-refractivity contribution is -0.139. The van der Waals surface area contributed by atoms with Crippen molar-refractivity contribution in [3.8, 4) is 0 Å². The number of hydrogen-bond donors (Lipinski definition) is 2. The zero-order chi connectivity index (χ0) is 15.4. The van der Waals surface area contributed by atoms with Crippen molar-refractivity contribution in [2.45, 2.75) is 26.3 Å². The lowest BCUT2D eigenvalue weighted by Gasteiger charge is -2.14. The lowest BCUT2D eigenvalue weighted by Crippen LogP contribution is -2.42. The number of aliphatic carboxylic acids is 1. The van der Waals surface area contributed by atoms with Gasteiger partial charge in [0.05, 0.1) is 5.56 Å². The van der Waals surface area contributed by atoms with Crippen LogP contribution in [0.25, 0.3) is 0 Å². The summed E-state index contributed by atoms with van der Waals surface area (Å²) < 4.78 is 0. The summed E-state index contributed by atoms with van der Waals surface area (Å²) >= 11 is 1.49. The molecule has 0 spiro atoms. The Morgan fingerprint density at radius 3 is 2.43 bits per heavy atom. The zero-order valence-corrected chi connectivity index (χ0v) is 12.7. The fourth-order valence-electron chi connectivity index (χ4n) is 2.02. The molecule has 110 valence electrons. The van der Waals surface area contributed by atoms with Crippen molar-refractivity contribution in [2.24, 2.45) is 0 Å². The van der Waals surface area contributed by atoms with Gasteiger partial charge in [-0.15, -0.1) is 11.3 Å². The molecule has 0 saturated carbocycles. The van der Waals surface area contributed by atoms with Crippen molar-refractivity contribution in [1.29, 1.82) is 0 Å². The third-order valence-electron chi connectivity index (χ3n) is 3.42. The summed E-state index contributed by atoms with van der Waals surface area (Å²) in [5, 5.41) is 13.7. The summed E-state index contributed by atoms with van der Waals surface area (Å²) in [4.78, 5) is 24.6. The Kier molecular flexibility index (Phi) is 4.75. The van der Waals surface area contributed by atoms with Crippen LogP contribution in [-0.2, 0) is 11.2 Å². The minimum atomic E-state index is -1.03. The van der Waals surface area contributed by atoms with Crippen LogP contribution in [0.3, 0.4) is 0 Å². The molecule has 1 atom stereocenters. The van der Waals surface area contributed by atoms with Crippen molar-refractivity contribution in [1.82, 2.24) is 5.32 Å². The molecule has 1 amide bonds. The van der Waals surface area contributed by atoms with Gasteiger partial charge in [-0.25, -0.2) is 4.79 Å². The lowest BCUT2D eigenvalue weighted by atomic mass is 10.1. The van der Waals surface area contributed by atoms with Crippen LogP contribution in [0.5, 0.6) is 0 Å². The van der Waals surface area contributed by atoms with Crippen LogP contribution in [0, 0.1) is 13.8 Å². The summed E-state index contributed by atoms with van der Waals surface area (Å²) in [5.74, 6) is -1.36. The molecule has 0 bridgehead atoms. The van der Waals surface area contributed by atoms with Crippen LogP contribution in [0.15, 0.2) is 35.7 Å². The highest BCUT2D eigenvalue weighted by molar-refractivity contribution is 7.10. The SMILES string of the molecule is Cc1scc(C(=O)N[C@H](Cc2ccccc2)C(=O)O)c1C. The van der Waals surface area contributed by atoms with Crippen LogP contribution in [0.4, 0.5) is 0 Å². The maximum absolute atomic E-state index is 12.2. The van der Waals surface area contributed by atoms with E-state index in [1.54, 1.807) is 5.38 Å². The molecule has 1 aromatic heterocycles. The molecular weight excluding hydrogens is 286 g/mol. The van der Waals surface area contributed by atoms with Gasteiger partial charge in [0.25, 0.3) is 5.91 Å². The van der Waals surface area contributed by atoms with E-state index in [-0.39, 0.29) is 12.3 Å². The van der Waals surface area contributed by atoms with Crippen molar-refractivity contribution in [3.63, 3.8) is 0 Å². The number of hydrogen-bond acceptors (Lipinski definition) is 3. The topological polar surface area (TPSA) is 66.4 Å². The molecule has 21 heavy (non-hydrogen) atoms. The number of rotatable bonds is 5. The third-order valence-corrected chi connectivity index (χ3v) is 4.43. The summed E-state index contributed by atoms with van der Waals surface area (Å²) in [6.07, 6.45) is 0.268. The number of carboxylic acid groups (broad SMARTS) is 1. The van der Waals surface area contributed by atoms with Gasteiger partial charge in [0, 0.05) is 16.7 Å². The number of carbonyl (C=O) groups is 2. The fourth-order valence-corrected chi connectivity index (χ4v) is 2.89. The molecule has 0 fully saturated rings. The van der Waals surface area contributed by atoms with Gasteiger partial charge in [-0.2, -0.15) is 0 Å². The molecule has 5 heteroatoms. The second-order valence-electron chi connectivity index (χ2n) is 4.88. The number of aryl methyl sites for hydroxylation is 1. The van der Waals surface area contributed by atoms with Crippen molar-refractivity contribution in [2.75, 3.05) is 0 Å². The van der Waals surface area contributed by atoms with E-state index in [9.17, 15) is 14.7 Å². The van der Waals surface area contributed by atoms with Gasteiger partial charge in [-0.1, -0.05) is 30.3 Å². The van der Waals surface area contributed by atoms with Gasteiger partial charge in [0.15, 0.2) is 0 Å². The maximum atomic E-state index is 12.2. The summed E-state index contributed by atoms with van der Waals surface area (Å²) in [5.41, 5.74) is 2.33. The van der Waals surface area contributed by atoms with Crippen molar-refractivity contribution < 1.29 is 14.7 Å². The Hall–Kier alpha value is -2.14. The number of nitrogens with one attached hydrogen (secondary N) is 1. The molecular formula is C16H17NO3S. The first-order chi connectivity index (χ1) is 9.99. The average molecular weight is 303 g/mol. The molecule has 4 nitrogen and oxygen atoms in total. The van der Waals surface area contributed by atoms with E-state index < -0.39 is 12.0 Å². The number of carboxylic acids is 1. The van der Waals surface area contributed by atoms with E-state index in [4.69, 9.17) is 0 Å². The predicted molar refractivity (Wildman–Crippen MR) is 82.8 cm³/mol. The van der Waals surface area contributed by atoms with Crippen LogP contribution >= 0.6 is 11.3 Å². The van der Waals surface area contributed by atoms with E-state index in [2.05, 4.69) is 5.32 Å². The highest BCUT2D eigenvalue weighted by Gasteiger charge is 2.22. The van der Waals surface area contributed by atoms with Crippen molar-refractivity contribution in [3.05, 3.63) is 57.3 Å². The minimum Gasteiger partial charge on any atom is -0.480 e. The number of thiophene rings is 1. The molecule has 1 aromatic carbocycles. The van der Waals surface area contributed by atoms with E-state index in [0.29, 0.717) is 5.56 Å². The second kappa shape index (κ2) is 6.54. The van der Waals surface area contributed by atoms with Crippen LogP contribution in [-0.4, -0.2) is 23.0 Å². The summed E-state index contributed by atoms with van der Waals surface area (Å²) in [6.45, 7) is 3.81. The smallest absolute Gasteiger partial charge is 0.326 e. The van der Waals surface area contributed by atoms with Gasteiger partial charge in [0.2, 0.25) is 0 Å². The normalized spacial score (nSPS) is 11.9. The first-order valence-corrected chi connectivity index (χ1v) is 7.49. The van der Waals surface area contributed by atoms with E-state index in [1.807, 2.05) is 44.2 Å². The van der Waals surface area contributed by atoms with Gasteiger partial charge in [0.1, 0.15) is 6.04 Å². The summed E-state index contributed by atoms with van der Waals surface area (Å²) in [7, 11) is 0. The molecule has 0 radical (unpaired) electrons. The van der Waals surface area contributed by atoms with Gasteiger partial charge >= 0.3 is 5.97 Å². The molecule has 2 aromatic rings. The highest BCUT2D eigenvalue weighted by Crippen LogP contribution is 2.20. The van der Waals surface area contributed by atoms with Gasteiger partial charge in [-0.05, 0) is 25.0 Å². The molecule has 0 saturated heterocycles. The standard InChI is InChI=1S/C16H17NO3S/c1-10-11(2)21-9-13(10)15(18)17-14(16(19)20)8-12-6-4-3-5-7-12/h3-7,9,14H,8H2,1-2H3,(H,17,18)(H,19,20)/t14-/m1/s1. The quantitative estimate of drug-likeness (QED) is 0.892. The van der Waals surface area contributed by atoms with Crippen molar-refractivity contribution >= 4 is 23.2 Å². The maximum Gasteiger partial charge on any atom is 0.326 e. The largest absolute Gasteiger partial charge is 0.480 e. The summed E-state index contributed by atoms with van der Waals surface area (Å²) in [6, 6.07) is 8.34. The van der Waals surface area contributed by atoms with Gasteiger partial charge < -0.3 is 10.4 Å². The molecule has 0 aliphatic heterocycles. The Labute approximate surface area is 127 Å². The molecule has 0 aliphatic rings. The third kappa shape index (κ3) is 3.70. The molecule has 0 unspecified atom stereocenters. The average Bonchev–Trinajstić information content (AvgIpc) is 2.79. The zero-order valence-electron chi connectivity index (χ0n) is 11.9. The fraction of sp³-hybridized carbons (Fsp3) is 0.250. The van der Waals surface area contributed by atoms with Gasteiger partial charge in [-0.3, -0.25) is 4.79 Å². The highest BCUT2D eigenvalue weighted by atomic mass is 32.1. The van der Waals surface area contributed by atoms with E-state index in [1.165, 1.54) is 11.3 Å². The predicted octanol–water partition coefficient (Wildman–Crippen LogP) is 2.79. The van der Waals surface area contributed by atoms with E-state index >= 15 is 0 Å². The second-order valence-corrected chi connectivity index (χ2v) is 5.97. The Morgan fingerprint density at radius 1 is 1.24 bits per heavy atom. The molecule has 1 heterocycles. The Bertz CT molecular complexity index is 649. The molecule has 2 N–H and O–H groups in total. The Morgan fingerprint density at radius 2 is 1.90 bits per heavy atom. The number of amides is 1. The van der Waals surface area contributed by atoms with E-state index in [0.717, 1.165) is 16.0 Å².